The number of carbonyl (C=O) groups is 1. The number of hydrogen-bond donors (Lipinski definition) is 8. The first-order chi connectivity index (χ1) is 32.7. The lowest BCUT2D eigenvalue weighted by Crippen LogP contribution is -2.60. The molecule has 0 radical (unpaired) electrons. The van der Waals surface area contributed by atoms with Gasteiger partial charge < -0.3 is 50.5 Å². The number of ether oxygens (including phenoxy) is 2. The fourth-order valence-corrected chi connectivity index (χ4v) is 9.37. The van der Waals surface area contributed by atoms with Gasteiger partial charge in [-0.05, 0) is 32.1 Å². The number of carbonyl (C=O) groups excluding carboxylic acids is 1. The van der Waals surface area contributed by atoms with Crippen molar-refractivity contribution in [1.82, 2.24) is 5.32 Å². The van der Waals surface area contributed by atoms with Gasteiger partial charge in [0, 0.05) is 0 Å². The number of aliphatic hydroxyl groups is 7. The molecule has 11 heteroatoms. The number of rotatable bonds is 49. The smallest absolute Gasteiger partial charge is 0.249 e. The SMILES string of the molecule is CCCC/C=C\CCCCCC(O)C(=O)NC(COC1OC(CO)C(O)C(O)C1O)C(O)C(O)CCCCCCCCCCCCCCCCCCCCCCCCCCCCCCCCC. The molecule has 0 bridgehead atoms. The molecule has 398 valence electrons. The normalized spacial score (nSPS) is 20.6. The van der Waals surface area contributed by atoms with Crippen LogP contribution in [0, 0.1) is 0 Å². The molecule has 1 saturated heterocycles. The van der Waals surface area contributed by atoms with E-state index in [0.717, 1.165) is 44.9 Å². The third-order valence-corrected chi connectivity index (χ3v) is 14.1. The van der Waals surface area contributed by atoms with Gasteiger partial charge in [0.1, 0.15) is 36.6 Å². The van der Waals surface area contributed by atoms with Gasteiger partial charge in [-0.3, -0.25) is 4.79 Å². The number of amides is 1. The van der Waals surface area contributed by atoms with E-state index < -0.39 is 74.2 Å². The summed E-state index contributed by atoms with van der Waals surface area (Å²) in [4.78, 5) is 13.1. The van der Waals surface area contributed by atoms with Gasteiger partial charge in [-0.1, -0.05) is 251 Å². The molecule has 67 heavy (non-hydrogen) atoms. The molecule has 1 fully saturated rings. The molecule has 8 N–H and O–H groups in total. The molecule has 1 heterocycles. The van der Waals surface area contributed by atoms with Crippen LogP contribution in [0.15, 0.2) is 12.2 Å². The Hall–Kier alpha value is -1.15. The highest BCUT2D eigenvalue weighted by Crippen LogP contribution is 2.23. The zero-order valence-electron chi connectivity index (χ0n) is 43.4. The molecule has 0 aromatic carbocycles. The van der Waals surface area contributed by atoms with E-state index in [-0.39, 0.29) is 6.42 Å². The second-order valence-electron chi connectivity index (χ2n) is 20.4. The van der Waals surface area contributed by atoms with Gasteiger partial charge >= 0.3 is 0 Å². The van der Waals surface area contributed by atoms with Crippen LogP contribution in [-0.4, -0.2) is 110 Å². The predicted molar refractivity (Wildman–Crippen MR) is 275 cm³/mol. The molecule has 0 aromatic rings. The highest BCUT2D eigenvalue weighted by atomic mass is 16.7. The van der Waals surface area contributed by atoms with E-state index in [1.807, 2.05) is 0 Å². The molecule has 1 aliphatic heterocycles. The summed E-state index contributed by atoms with van der Waals surface area (Å²) in [5, 5.41) is 75.8. The minimum Gasteiger partial charge on any atom is -0.394 e. The van der Waals surface area contributed by atoms with Crippen LogP contribution in [0.5, 0.6) is 0 Å². The average Bonchev–Trinajstić information content (AvgIpc) is 3.33. The quantitative estimate of drug-likeness (QED) is 0.0215. The lowest BCUT2D eigenvalue weighted by molar-refractivity contribution is -0.303. The lowest BCUT2D eigenvalue weighted by Gasteiger charge is -2.40. The molecule has 0 spiro atoms. The van der Waals surface area contributed by atoms with Gasteiger partial charge in [0.25, 0.3) is 0 Å². The molecule has 0 saturated carbocycles. The summed E-state index contributed by atoms with van der Waals surface area (Å²) in [5.74, 6) is -0.709. The van der Waals surface area contributed by atoms with Gasteiger partial charge in [0.15, 0.2) is 6.29 Å². The van der Waals surface area contributed by atoms with E-state index in [9.17, 15) is 40.5 Å². The van der Waals surface area contributed by atoms with Crippen molar-refractivity contribution in [2.24, 2.45) is 0 Å². The van der Waals surface area contributed by atoms with Gasteiger partial charge in [-0.15, -0.1) is 0 Å². The van der Waals surface area contributed by atoms with E-state index in [2.05, 4.69) is 31.3 Å². The topological polar surface area (TPSA) is 189 Å². The lowest BCUT2D eigenvalue weighted by atomic mass is 9.98. The molecular formula is C56H109NO10. The van der Waals surface area contributed by atoms with E-state index in [0.29, 0.717) is 19.3 Å². The van der Waals surface area contributed by atoms with Crippen LogP contribution >= 0.6 is 0 Å². The van der Waals surface area contributed by atoms with Crippen LogP contribution in [0.2, 0.25) is 0 Å². The Kier molecular flexibility index (Phi) is 43.8. The van der Waals surface area contributed by atoms with Crippen molar-refractivity contribution in [1.29, 1.82) is 0 Å². The first-order valence-corrected chi connectivity index (χ1v) is 28.6. The summed E-state index contributed by atoms with van der Waals surface area (Å²) < 4.78 is 11.1. The zero-order chi connectivity index (χ0) is 49.0. The van der Waals surface area contributed by atoms with Crippen LogP contribution in [0.1, 0.15) is 271 Å². The zero-order valence-corrected chi connectivity index (χ0v) is 43.4. The Labute approximate surface area is 411 Å². The summed E-state index contributed by atoms with van der Waals surface area (Å²) in [5.41, 5.74) is 0. The van der Waals surface area contributed by atoms with Crippen LogP contribution in [-0.2, 0) is 14.3 Å². The molecule has 0 aliphatic carbocycles. The van der Waals surface area contributed by atoms with E-state index in [1.54, 1.807) is 0 Å². The van der Waals surface area contributed by atoms with Gasteiger partial charge in [-0.25, -0.2) is 0 Å². The average molecular weight is 956 g/mol. The number of hydrogen-bond acceptors (Lipinski definition) is 10. The first-order valence-electron chi connectivity index (χ1n) is 28.6. The minimum absolute atomic E-state index is 0.240. The van der Waals surface area contributed by atoms with Crippen LogP contribution in [0.4, 0.5) is 0 Å². The summed E-state index contributed by atoms with van der Waals surface area (Å²) in [6, 6.07) is -1.17. The maximum atomic E-state index is 13.1. The van der Waals surface area contributed by atoms with Crippen LogP contribution in [0.25, 0.3) is 0 Å². The predicted octanol–water partition coefficient (Wildman–Crippen LogP) is 11.6. The first kappa shape index (κ1) is 63.9. The second-order valence-corrected chi connectivity index (χ2v) is 20.4. The van der Waals surface area contributed by atoms with Crippen molar-refractivity contribution < 1.29 is 50.0 Å². The van der Waals surface area contributed by atoms with E-state index in [4.69, 9.17) is 9.47 Å². The largest absolute Gasteiger partial charge is 0.394 e. The molecule has 1 aliphatic rings. The second kappa shape index (κ2) is 46.0. The van der Waals surface area contributed by atoms with Crippen molar-refractivity contribution in [3.05, 3.63) is 12.2 Å². The van der Waals surface area contributed by atoms with E-state index in [1.165, 1.54) is 186 Å². The Morgan fingerprint density at radius 3 is 1.30 bits per heavy atom. The number of allylic oxidation sites excluding steroid dienone is 2. The van der Waals surface area contributed by atoms with Gasteiger partial charge in [0.2, 0.25) is 5.91 Å². The van der Waals surface area contributed by atoms with Crippen molar-refractivity contribution in [3.8, 4) is 0 Å². The molecule has 1 rings (SSSR count). The summed E-state index contributed by atoms with van der Waals surface area (Å²) >= 11 is 0. The van der Waals surface area contributed by atoms with Gasteiger partial charge in [-0.2, -0.15) is 0 Å². The fraction of sp³-hybridized carbons (Fsp3) is 0.946. The fourth-order valence-electron chi connectivity index (χ4n) is 9.37. The summed E-state index contributed by atoms with van der Waals surface area (Å²) in [6.07, 6.45) is 41.7. The highest BCUT2D eigenvalue weighted by molar-refractivity contribution is 5.80. The molecule has 1 amide bonds. The maximum absolute atomic E-state index is 13.1. The van der Waals surface area contributed by atoms with Crippen LogP contribution in [0.3, 0.4) is 0 Å². The molecule has 11 nitrogen and oxygen atoms in total. The molecule has 9 atom stereocenters. The Morgan fingerprint density at radius 1 is 0.507 bits per heavy atom. The Bertz CT molecular complexity index is 1100. The third kappa shape index (κ3) is 34.8. The maximum Gasteiger partial charge on any atom is 0.249 e. The number of unbranched alkanes of at least 4 members (excludes halogenated alkanes) is 35. The molecule has 0 aromatic heterocycles. The number of nitrogens with one attached hydrogen (secondary N) is 1. The minimum atomic E-state index is -1.66. The Morgan fingerprint density at radius 2 is 0.881 bits per heavy atom. The Balaban J connectivity index is 2.17. The van der Waals surface area contributed by atoms with Crippen molar-refractivity contribution in [2.45, 2.75) is 326 Å². The van der Waals surface area contributed by atoms with E-state index >= 15 is 0 Å². The summed E-state index contributed by atoms with van der Waals surface area (Å²) in [6.45, 7) is 3.40. The monoisotopic (exact) mass is 956 g/mol. The summed E-state index contributed by atoms with van der Waals surface area (Å²) in [7, 11) is 0. The molecular weight excluding hydrogens is 847 g/mol. The standard InChI is InChI=1S/C56H109NO10/c1-3-5-7-9-11-13-14-15-16-17-18-19-20-21-22-23-24-25-26-27-28-29-30-31-32-33-34-36-37-39-41-43-48(59)51(61)47(46-66-56-54(64)53(63)52(62)50(45-58)67-56)57-55(65)49(60)44-42-40-38-35-12-10-8-6-4-2/h10,12,47-54,56,58-64H,3-9,11,13-46H2,1-2H3,(H,57,65)/b12-10-. The van der Waals surface area contributed by atoms with Crippen molar-refractivity contribution in [2.75, 3.05) is 13.2 Å². The van der Waals surface area contributed by atoms with Crippen molar-refractivity contribution >= 4 is 5.91 Å². The highest BCUT2D eigenvalue weighted by Gasteiger charge is 2.44. The third-order valence-electron chi connectivity index (χ3n) is 14.1. The van der Waals surface area contributed by atoms with Crippen LogP contribution < -0.4 is 5.32 Å². The number of aliphatic hydroxyl groups excluding tert-OH is 7. The molecule has 9 unspecified atom stereocenters. The van der Waals surface area contributed by atoms with Crippen molar-refractivity contribution in [3.63, 3.8) is 0 Å². The van der Waals surface area contributed by atoms with Gasteiger partial charge in [0.05, 0.1) is 25.4 Å².